The molecule has 4 heteroatoms. The third-order valence-electron chi connectivity index (χ3n) is 2.58. The Morgan fingerprint density at radius 3 is 2.61 bits per heavy atom. The number of carbonyl (C=O) groups is 1. The van der Waals surface area contributed by atoms with Gasteiger partial charge in [-0.2, -0.15) is 0 Å². The molecule has 1 aromatic heterocycles. The lowest BCUT2D eigenvalue weighted by Gasteiger charge is -2.12. The van der Waals surface area contributed by atoms with Crippen LogP contribution >= 0.6 is 27.3 Å². The monoisotopic (exact) mass is 324 g/mol. The third-order valence-corrected chi connectivity index (χ3v) is 4.25. The molecule has 0 aliphatic rings. The maximum absolute atomic E-state index is 11.9. The molecule has 0 aliphatic carbocycles. The summed E-state index contributed by atoms with van der Waals surface area (Å²) in [6.45, 7) is 2.07. The number of hydrogen-bond acceptors (Lipinski definition) is 3. The molecule has 0 saturated heterocycles. The second-order valence-electron chi connectivity index (χ2n) is 3.89. The fourth-order valence-electron chi connectivity index (χ4n) is 1.56. The summed E-state index contributed by atoms with van der Waals surface area (Å²) in [6, 6.07) is 13.6. The van der Waals surface area contributed by atoms with E-state index in [4.69, 9.17) is 4.74 Å². The highest BCUT2D eigenvalue weighted by Crippen LogP contribution is 2.23. The van der Waals surface area contributed by atoms with Crippen LogP contribution in [0.1, 0.15) is 28.3 Å². The molecule has 0 amide bonds. The predicted molar refractivity (Wildman–Crippen MR) is 77.2 cm³/mol. The van der Waals surface area contributed by atoms with Gasteiger partial charge in [0.25, 0.3) is 0 Å². The van der Waals surface area contributed by atoms with E-state index in [1.807, 2.05) is 49.4 Å². The number of thiophene rings is 1. The van der Waals surface area contributed by atoms with Crippen molar-refractivity contribution in [2.24, 2.45) is 0 Å². The molecular formula is C14H13BrO2S. The van der Waals surface area contributed by atoms with E-state index in [2.05, 4.69) is 15.9 Å². The molecule has 0 bridgehead atoms. The molecule has 2 rings (SSSR count). The van der Waals surface area contributed by atoms with Gasteiger partial charge in [-0.3, -0.25) is 4.79 Å². The van der Waals surface area contributed by atoms with Gasteiger partial charge in [-0.25, -0.2) is 0 Å². The standard InChI is InChI=1S/C14H13BrO2S/c1-10(11-5-3-2-4-6-11)17-9-12(16)13-7-8-14(15)18-13/h2-8,10H,9H2,1H3. The van der Waals surface area contributed by atoms with Crippen molar-refractivity contribution in [3.05, 3.63) is 56.7 Å². The quantitative estimate of drug-likeness (QED) is 0.758. The molecule has 0 N–H and O–H groups in total. The summed E-state index contributed by atoms with van der Waals surface area (Å²) in [5, 5.41) is 0. The van der Waals surface area contributed by atoms with Crippen LogP contribution in [0.15, 0.2) is 46.3 Å². The van der Waals surface area contributed by atoms with Gasteiger partial charge >= 0.3 is 0 Å². The van der Waals surface area contributed by atoms with Crippen LogP contribution in [0.2, 0.25) is 0 Å². The topological polar surface area (TPSA) is 26.3 Å². The lowest BCUT2D eigenvalue weighted by atomic mass is 10.1. The van der Waals surface area contributed by atoms with Gasteiger partial charge in [0.05, 0.1) is 14.8 Å². The molecule has 0 fully saturated rings. The Kier molecular flexibility index (Phi) is 4.69. The molecule has 1 atom stereocenters. The second-order valence-corrected chi connectivity index (χ2v) is 6.35. The highest BCUT2D eigenvalue weighted by molar-refractivity contribution is 9.11. The van der Waals surface area contributed by atoms with Crippen LogP contribution in [0.4, 0.5) is 0 Å². The molecule has 0 radical (unpaired) electrons. The molecule has 1 unspecified atom stereocenters. The minimum atomic E-state index is -0.0708. The first-order valence-corrected chi connectivity index (χ1v) is 7.23. The van der Waals surface area contributed by atoms with Crippen molar-refractivity contribution in [3.63, 3.8) is 0 Å². The zero-order chi connectivity index (χ0) is 13.0. The van der Waals surface area contributed by atoms with Gasteiger partial charge in [0.1, 0.15) is 6.61 Å². The molecule has 2 nitrogen and oxygen atoms in total. The van der Waals surface area contributed by atoms with Crippen LogP contribution in [0.25, 0.3) is 0 Å². The number of rotatable bonds is 5. The van der Waals surface area contributed by atoms with Gasteiger partial charge in [-0.1, -0.05) is 30.3 Å². The molecule has 0 aliphatic heterocycles. The van der Waals surface area contributed by atoms with Gasteiger partial charge in [0.15, 0.2) is 5.78 Å². The van der Waals surface area contributed by atoms with E-state index in [0.29, 0.717) is 0 Å². The summed E-state index contributed by atoms with van der Waals surface area (Å²) < 4.78 is 6.56. The summed E-state index contributed by atoms with van der Waals surface area (Å²) in [4.78, 5) is 12.6. The van der Waals surface area contributed by atoms with Crippen molar-refractivity contribution in [1.29, 1.82) is 0 Å². The van der Waals surface area contributed by atoms with Crippen molar-refractivity contribution in [1.82, 2.24) is 0 Å². The Morgan fingerprint density at radius 1 is 1.28 bits per heavy atom. The fourth-order valence-corrected chi connectivity index (χ4v) is 2.87. The second kappa shape index (κ2) is 6.27. The van der Waals surface area contributed by atoms with Crippen LogP contribution in [-0.2, 0) is 4.74 Å². The van der Waals surface area contributed by atoms with E-state index in [9.17, 15) is 4.79 Å². The van der Waals surface area contributed by atoms with Crippen LogP contribution in [0.3, 0.4) is 0 Å². The van der Waals surface area contributed by atoms with E-state index in [0.717, 1.165) is 14.2 Å². The average Bonchev–Trinajstić information content (AvgIpc) is 2.83. The van der Waals surface area contributed by atoms with E-state index in [1.54, 1.807) is 0 Å². The number of halogens is 1. The molecule has 0 spiro atoms. The zero-order valence-electron chi connectivity index (χ0n) is 9.93. The van der Waals surface area contributed by atoms with E-state index >= 15 is 0 Å². The zero-order valence-corrected chi connectivity index (χ0v) is 12.3. The van der Waals surface area contributed by atoms with Crippen LogP contribution in [-0.4, -0.2) is 12.4 Å². The number of Topliss-reactive ketones (excluding diaryl/α,β-unsaturated/α-hetero) is 1. The summed E-state index contributed by atoms with van der Waals surface area (Å²) in [5.74, 6) is 0.0217. The van der Waals surface area contributed by atoms with Crippen molar-refractivity contribution < 1.29 is 9.53 Å². The molecule has 1 heterocycles. The van der Waals surface area contributed by atoms with Gasteiger partial charge in [0.2, 0.25) is 0 Å². The molecule has 0 saturated carbocycles. The van der Waals surface area contributed by atoms with Crippen LogP contribution in [0, 0.1) is 0 Å². The summed E-state index contributed by atoms with van der Waals surface area (Å²) >= 11 is 4.77. The van der Waals surface area contributed by atoms with Crippen molar-refractivity contribution in [2.45, 2.75) is 13.0 Å². The van der Waals surface area contributed by atoms with Gasteiger partial charge in [-0.15, -0.1) is 11.3 Å². The molecular weight excluding hydrogens is 312 g/mol. The number of ketones is 1. The number of hydrogen-bond donors (Lipinski definition) is 0. The third kappa shape index (κ3) is 3.51. The Hall–Kier alpha value is -0.970. The van der Waals surface area contributed by atoms with E-state index < -0.39 is 0 Å². The fraction of sp³-hybridized carbons (Fsp3) is 0.214. The van der Waals surface area contributed by atoms with Crippen LogP contribution in [0.5, 0.6) is 0 Å². The van der Waals surface area contributed by atoms with Gasteiger partial charge < -0.3 is 4.74 Å². The predicted octanol–water partition coefficient (Wildman–Crippen LogP) is 4.47. The first-order valence-electron chi connectivity index (χ1n) is 5.62. The lowest BCUT2D eigenvalue weighted by molar-refractivity contribution is 0.0524. The SMILES string of the molecule is CC(OCC(=O)c1ccc(Br)s1)c1ccccc1. The Balaban J connectivity index is 1.90. The van der Waals surface area contributed by atoms with Crippen molar-refractivity contribution in [2.75, 3.05) is 6.61 Å². The summed E-state index contributed by atoms with van der Waals surface area (Å²) in [6.07, 6.45) is -0.0708. The maximum atomic E-state index is 11.9. The molecule has 94 valence electrons. The van der Waals surface area contributed by atoms with Crippen LogP contribution < -0.4 is 0 Å². The Bertz CT molecular complexity index is 522. The van der Waals surface area contributed by atoms with Crippen molar-refractivity contribution in [3.8, 4) is 0 Å². The number of carbonyl (C=O) groups excluding carboxylic acids is 1. The Labute approximate surface area is 119 Å². The Morgan fingerprint density at radius 2 is 2.00 bits per heavy atom. The maximum Gasteiger partial charge on any atom is 0.198 e. The highest BCUT2D eigenvalue weighted by atomic mass is 79.9. The summed E-state index contributed by atoms with van der Waals surface area (Å²) in [7, 11) is 0. The number of benzene rings is 1. The van der Waals surface area contributed by atoms with Gasteiger partial charge in [0, 0.05) is 0 Å². The van der Waals surface area contributed by atoms with Gasteiger partial charge in [-0.05, 0) is 40.5 Å². The minimum Gasteiger partial charge on any atom is -0.366 e. The largest absolute Gasteiger partial charge is 0.366 e. The molecule has 18 heavy (non-hydrogen) atoms. The van der Waals surface area contributed by atoms with E-state index in [-0.39, 0.29) is 18.5 Å². The van der Waals surface area contributed by atoms with Crippen molar-refractivity contribution >= 4 is 33.0 Å². The smallest absolute Gasteiger partial charge is 0.198 e. The van der Waals surface area contributed by atoms with E-state index in [1.165, 1.54) is 11.3 Å². The normalized spacial score (nSPS) is 12.3. The molecule has 1 aromatic carbocycles. The average molecular weight is 325 g/mol. The first-order chi connectivity index (χ1) is 8.66. The minimum absolute atomic E-state index is 0.0217. The summed E-state index contributed by atoms with van der Waals surface area (Å²) in [5.41, 5.74) is 1.08. The molecule has 2 aromatic rings. The lowest BCUT2D eigenvalue weighted by Crippen LogP contribution is -2.10. The number of ether oxygens (including phenoxy) is 1. The highest BCUT2D eigenvalue weighted by Gasteiger charge is 2.12. The first kappa shape index (κ1) is 13.5.